The molecule has 1 heterocycles. The molecule has 1 aliphatic heterocycles. The molecule has 3 aromatic carbocycles. The number of piperidine rings is 1. The molecule has 2 fully saturated rings. The van der Waals surface area contributed by atoms with Crippen molar-refractivity contribution in [1.29, 1.82) is 0 Å². The lowest BCUT2D eigenvalue weighted by atomic mass is 9.78. The fraction of sp³-hybridized carbons (Fsp3) is 0.400. The average molecular weight is 558 g/mol. The van der Waals surface area contributed by atoms with Gasteiger partial charge in [-0.15, -0.1) is 0 Å². The zero-order valence-corrected chi connectivity index (χ0v) is 23.5. The molecule has 0 unspecified atom stereocenters. The number of likely N-dealkylation sites (tertiary alicyclic amines) is 1. The summed E-state index contributed by atoms with van der Waals surface area (Å²) in [6.45, 7) is 3.74. The fourth-order valence-corrected chi connectivity index (χ4v) is 8.34. The van der Waals surface area contributed by atoms with Gasteiger partial charge in [0.25, 0.3) is 10.0 Å². The van der Waals surface area contributed by atoms with Crippen molar-refractivity contribution in [3.8, 4) is 0 Å². The first kappa shape index (κ1) is 26.6. The van der Waals surface area contributed by atoms with Crippen LogP contribution in [0.4, 0.5) is 5.69 Å². The summed E-state index contributed by atoms with van der Waals surface area (Å²) in [4.78, 5) is 2.79. The van der Waals surface area contributed by atoms with Crippen molar-refractivity contribution in [2.75, 3.05) is 17.4 Å². The third kappa shape index (κ3) is 5.56. The SMILES string of the molecule is Cc1ccccc1N(C1CCN([C@@H]2CCCC[C@@H]2c2ccccc2)CC1)S(=O)(=O)c1ccc(Cl)c(Cl)c1. The van der Waals surface area contributed by atoms with Gasteiger partial charge in [0.05, 0.1) is 20.6 Å². The number of benzene rings is 3. The van der Waals surface area contributed by atoms with Gasteiger partial charge in [-0.3, -0.25) is 9.21 Å². The van der Waals surface area contributed by atoms with E-state index in [1.807, 2.05) is 31.2 Å². The van der Waals surface area contributed by atoms with Crippen LogP contribution in [0.2, 0.25) is 10.0 Å². The summed E-state index contributed by atoms with van der Waals surface area (Å²) < 4.78 is 29.8. The van der Waals surface area contributed by atoms with Crippen LogP contribution in [-0.2, 0) is 10.0 Å². The summed E-state index contributed by atoms with van der Waals surface area (Å²) in [5.41, 5.74) is 3.09. The van der Waals surface area contributed by atoms with Gasteiger partial charge in [-0.25, -0.2) is 8.42 Å². The third-order valence-electron chi connectivity index (χ3n) is 8.06. The molecule has 37 heavy (non-hydrogen) atoms. The van der Waals surface area contributed by atoms with Gasteiger partial charge in [0.1, 0.15) is 0 Å². The Balaban J connectivity index is 1.41. The number of halogens is 2. The van der Waals surface area contributed by atoms with Gasteiger partial charge < -0.3 is 0 Å². The fourth-order valence-electron chi connectivity index (χ4n) is 6.17. The zero-order chi connectivity index (χ0) is 26.0. The van der Waals surface area contributed by atoms with Crippen LogP contribution in [0.5, 0.6) is 0 Å². The molecule has 3 aromatic rings. The van der Waals surface area contributed by atoms with Crippen LogP contribution in [0.15, 0.2) is 77.7 Å². The topological polar surface area (TPSA) is 40.6 Å². The normalized spacial score (nSPS) is 21.6. The van der Waals surface area contributed by atoms with E-state index in [1.54, 1.807) is 16.4 Å². The summed E-state index contributed by atoms with van der Waals surface area (Å²) >= 11 is 12.3. The van der Waals surface area contributed by atoms with Crippen molar-refractivity contribution >= 4 is 38.9 Å². The van der Waals surface area contributed by atoms with E-state index >= 15 is 0 Å². The second-order valence-electron chi connectivity index (χ2n) is 10.3. The van der Waals surface area contributed by atoms with Gasteiger partial charge in [-0.1, -0.05) is 84.6 Å². The highest BCUT2D eigenvalue weighted by atomic mass is 35.5. The molecule has 1 saturated heterocycles. The van der Waals surface area contributed by atoms with Gasteiger partial charge in [0, 0.05) is 25.2 Å². The first-order valence-corrected chi connectivity index (χ1v) is 15.4. The van der Waals surface area contributed by atoms with Crippen LogP contribution in [0.25, 0.3) is 0 Å². The quantitative estimate of drug-likeness (QED) is 0.312. The minimum absolute atomic E-state index is 0.129. The summed E-state index contributed by atoms with van der Waals surface area (Å²) in [7, 11) is -3.84. The maximum Gasteiger partial charge on any atom is 0.264 e. The van der Waals surface area contributed by atoms with Crippen molar-refractivity contribution in [1.82, 2.24) is 4.90 Å². The third-order valence-corrected chi connectivity index (χ3v) is 10.7. The molecule has 0 amide bonds. The maximum atomic E-state index is 14.1. The van der Waals surface area contributed by atoms with Crippen molar-refractivity contribution in [2.24, 2.45) is 0 Å². The summed E-state index contributed by atoms with van der Waals surface area (Å²) in [5.74, 6) is 0.541. The Bertz CT molecular complexity index is 1320. The number of hydrogen-bond donors (Lipinski definition) is 0. The van der Waals surface area contributed by atoms with Crippen molar-refractivity contribution < 1.29 is 8.42 Å². The highest BCUT2D eigenvalue weighted by Gasteiger charge is 2.38. The second-order valence-corrected chi connectivity index (χ2v) is 12.9. The Labute approximate surface area is 231 Å². The minimum Gasteiger partial charge on any atom is -0.300 e. The van der Waals surface area contributed by atoms with Crippen LogP contribution in [0.3, 0.4) is 0 Å². The molecule has 196 valence electrons. The molecule has 5 rings (SSSR count). The Kier molecular flexibility index (Phi) is 8.16. The molecule has 0 bridgehead atoms. The molecule has 0 radical (unpaired) electrons. The highest BCUT2D eigenvalue weighted by molar-refractivity contribution is 7.92. The van der Waals surface area contributed by atoms with E-state index in [4.69, 9.17) is 23.2 Å². The molecule has 0 spiro atoms. The largest absolute Gasteiger partial charge is 0.300 e. The molecular formula is C30H34Cl2N2O2S. The Morgan fingerprint density at radius 1 is 0.811 bits per heavy atom. The molecule has 1 aliphatic carbocycles. The van der Waals surface area contributed by atoms with Crippen molar-refractivity contribution in [3.63, 3.8) is 0 Å². The molecule has 4 nitrogen and oxygen atoms in total. The molecule has 0 N–H and O–H groups in total. The predicted octanol–water partition coefficient (Wildman–Crippen LogP) is 7.69. The molecular weight excluding hydrogens is 523 g/mol. The number of rotatable bonds is 6. The lowest BCUT2D eigenvalue weighted by molar-refractivity contribution is 0.107. The van der Waals surface area contributed by atoms with E-state index in [9.17, 15) is 8.42 Å². The van der Waals surface area contributed by atoms with Crippen LogP contribution in [-0.4, -0.2) is 38.5 Å². The first-order chi connectivity index (χ1) is 17.9. The lowest BCUT2D eigenvalue weighted by Gasteiger charge is -2.45. The average Bonchev–Trinajstić information content (AvgIpc) is 2.92. The predicted molar refractivity (Wildman–Crippen MR) is 153 cm³/mol. The molecule has 0 aromatic heterocycles. The minimum atomic E-state index is -3.84. The zero-order valence-electron chi connectivity index (χ0n) is 21.2. The molecule has 1 saturated carbocycles. The first-order valence-electron chi connectivity index (χ1n) is 13.2. The Morgan fingerprint density at radius 2 is 1.49 bits per heavy atom. The van der Waals surface area contributed by atoms with Gasteiger partial charge in [-0.2, -0.15) is 0 Å². The summed E-state index contributed by atoms with van der Waals surface area (Å²) in [6, 6.07) is 23.6. The maximum absolute atomic E-state index is 14.1. The van der Waals surface area contributed by atoms with Gasteiger partial charge >= 0.3 is 0 Å². The van der Waals surface area contributed by atoms with Gasteiger partial charge in [0.2, 0.25) is 0 Å². The number of hydrogen-bond acceptors (Lipinski definition) is 3. The van der Waals surface area contributed by atoms with Crippen LogP contribution in [0.1, 0.15) is 55.6 Å². The number of nitrogens with zero attached hydrogens (tertiary/aromatic N) is 2. The molecule has 2 atom stereocenters. The van der Waals surface area contributed by atoms with E-state index < -0.39 is 10.0 Å². The van der Waals surface area contributed by atoms with Gasteiger partial charge in [-0.05, 0) is 73.9 Å². The second kappa shape index (κ2) is 11.4. The number of sulfonamides is 1. The standard InChI is InChI=1S/C30H34Cl2N2O2S/c1-22-9-5-7-13-29(22)34(37(35,36)25-15-16-27(31)28(32)21-25)24-17-19-33(20-18-24)30-14-8-6-12-26(30)23-10-3-2-4-11-23/h2-5,7,9-11,13,15-16,21,24,26,30H,6,8,12,14,17-20H2,1H3/t26-,30-/m1/s1. The van der Waals surface area contributed by atoms with Crippen LogP contribution < -0.4 is 4.31 Å². The van der Waals surface area contributed by atoms with Crippen molar-refractivity contribution in [3.05, 3.63) is 94.0 Å². The van der Waals surface area contributed by atoms with E-state index in [0.717, 1.165) is 37.2 Å². The number of aryl methyl sites for hydroxylation is 1. The van der Waals surface area contributed by atoms with Crippen LogP contribution in [0, 0.1) is 6.92 Å². The Hall–Kier alpha value is -2.05. The number of anilines is 1. The van der Waals surface area contributed by atoms with E-state index in [-0.39, 0.29) is 16.0 Å². The Morgan fingerprint density at radius 3 is 2.19 bits per heavy atom. The van der Waals surface area contributed by atoms with Crippen molar-refractivity contribution in [2.45, 2.75) is 68.3 Å². The molecule has 7 heteroatoms. The summed E-state index contributed by atoms with van der Waals surface area (Å²) in [6.07, 6.45) is 6.52. The summed E-state index contributed by atoms with van der Waals surface area (Å²) in [5, 5.41) is 0.586. The highest BCUT2D eigenvalue weighted by Crippen LogP contribution is 2.39. The number of para-hydroxylation sites is 1. The van der Waals surface area contributed by atoms with E-state index in [2.05, 4.69) is 35.2 Å². The van der Waals surface area contributed by atoms with E-state index in [1.165, 1.54) is 37.3 Å². The smallest absolute Gasteiger partial charge is 0.264 e. The monoisotopic (exact) mass is 556 g/mol. The van der Waals surface area contributed by atoms with Crippen LogP contribution >= 0.6 is 23.2 Å². The van der Waals surface area contributed by atoms with Gasteiger partial charge in [0.15, 0.2) is 0 Å². The van der Waals surface area contributed by atoms with E-state index in [0.29, 0.717) is 17.0 Å². The molecule has 2 aliphatic rings. The lowest BCUT2D eigenvalue weighted by Crippen LogP contribution is -2.51.